The Morgan fingerprint density at radius 1 is 1.12 bits per heavy atom. The molecule has 2 heterocycles. The minimum atomic E-state index is -0.824. The first-order valence-electron chi connectivity index (χ1n) is 10.1. The van der Waals surface area contributed by atoms with Gasteiger partial charge >= 0.3 is 0 Å². The number of pyridine rings is 1. The van der Waals surface area contributed by atoms with E-state index in [1.807, 2.05) is 4.90 Å². The van der Waals surface area contributed by atoms with Gasteiger partial charge in [0, 0.05) is 61.8 Å². The smallest absolute Gasteiger partial charge is 0.278 e. The maximum atomic E-state index is 13.8. The molecule has 0 saturated carbocycles. The molecule has 8 nitrogen and oxygen atoms in total. The largest absolute Gasteiger partial charge is 0.368 e. The minimum absolute atomic E-state index is 0.00815. The second-order valence-corrected chi connectivity index (χ2v) is 7.59. The molecule has 10 heteroatoms. The van der Waals surface area contributed by atoms with Crippen LogP contribution in [0.5, 0.6) is 0 Å². The van der Waals surface area contributed by atoms with Gasteiger partial charge in [-0.1, -0.05) is 0 Å². The number of hydrogen-bond acceptors (Lipinski definition) is 6. The number of nitrogens with one attached hydrogen (secondary N) is 1. The Labute approximate surface area is 182 Å². The van der Waals surface area contributed by atoms with Gasteiger partial charge in [0.25, 0.3) is 5.69 Å². The molecular weight excluding hydrogens is 420 g/mol. The standard InChI is InChI=1S/C22H21F2N5O3/c1-14(22(30)26-19-3-2-15(23)12-18(19)24)27-8-10-28(11-9-27)20-4-5-21(29(31)32)17-13-25-7-6-16(17)20/h2-7,12-14H,8-11H2,1H3,(H,26,30). The summed E-state index contributed by atoms with van der Waals surface area (Å²) in [6.45, 7) is 4.10. The summed E-state index contributed by atoms with van der Waals surface area (Å²) in [5, 5.41) is 15.1. The first kappa shape index (κ1) is 21.6. The molecule has 1 atom stereocenters. The summed E-state index contributed by atoms with van der Waals surface area (Å²) < 4.78 is 26.9. The Morgan fingerprint density at radius 2 is 1.88 bits per heavy atom. The molecule has 32 heavy (non-hydrogen) atoms. The van der Waals surface area contributed by atoms with E-state index < -0.39 is 22.6 Å². The van der Waals surface area contributed by atoms with Crippen LogP contribution in [0.1, 0.15) is 6.92 Å². The second-order valence-electron chi connectivity index (χ2n) is 7.59. The molecule has 0 radical (unpaired) electrons. The summed E-state index contributed by atoms with van der Waals surface area (Å²) in [5.41, 5.74) is 0.819. The van der Waals surface area contributed by atoms with Crippen molar-refractivity contribution in [1.82, 2.24) is 9.88 Å². The number of halogens is 2. The Hall–Kier alpha value is -3.66. The van der Waals surface area contributed by atoms with E-state index in [-0.39, 0.29) is 17.3 Å². The number of hydrogen-bond donors (Lipinski definition) is 1. The van der Waals surface area contributed by atoms with Crippen molar-refractivity contribution in [2.45, 2.75) is 13.0 Å². The van der Waals surface area contributed by atoms with E-state index in [2.05, 4.69) is 15.2 Å². The topological polar surface area (TPSA) is 91.6 Å². The first-order chi connectivity index (χ1) is 15.3. The third kappa shape index (κ3) is 4.22. The first-order valence-corrected chi connectivity index (χ1v) is 10.1. The van der Waals surface area contributed by atoms with Crippen LogP contribution in [0.2, 0.25) is 0 Å². The van der Waals surface area contributed by atoms with Gasteiger partial charge < -0.3 is 10.2 Å². The highest BCUT2D eigenvalue weighted by molar-refractivity contribution is 5.99. The average molecular weight is 441 g/mol. The van der Waals surface area contributed by atoms with Crippen LogP contribution in [-0.2, 0) is 4.79 Å². The van der Waals surface area contributed by atoms with E-state index in [1.54, 1.807) is 25.3 Å². The summed E-state index contributed by atoms with van der Waals surface area (Å²) in [4.78, 5) is 31.6. The van der Waals surface area contributed by atoms with Crippen LogP contribution in [0.3, 0.4) is 0 Å². The van der Waals surface area contributed by atoms with Gasteiger partial charge in [0.1, 0.15) is 11.6 Å². The van der Waals surface area contributed by atoms with Crippen molar-refractivity contribution in [3.63, 3.8) is 0 Å². The molecule has 1 fully saturated rings. The van der Waals surface area contributed by atoms with Crippen LogP contribution in [0, 0.1) is 21.7 Å². The number of nitrogens with zero attached hydrogens (tertiary/aromatic N) is 4. The van der Waals surface area contributed by atoms with E-state index in [9.17, 15) is 23.7 Å². The number of anilines is 2. The summed E-state index contributed by atoms with van der Waals surface area (Å²) in [5.74, 6) is -1.91. The monoisotopic (exact) mass is 441 g/mol. The van der Waals surface area contributed by atoms with Crippen molar-refractivity contribution >= 4 is 33.7 Å². The van der Waals surface area contributed by atoms with E-state index in [1.165, 1.54) is 18.3 Å². The fourth-order valence-corrected chi connectivity index (χ4v) is 3.94. The molecule has 1 N–H and O–H groups in total. The molecule has 1 aliphatic rings. The van der Waals surface area contributed by atoms with Gasteiger partial charge in [-0.3, -0.25) is 24.8 Å². The van der Waals surface area contributed by atoms with Gasteiger partial charge in [-0.25, -0.2) is 8.78 Å². The Bertz CT molecular complexity index is 1180. The number of fused-ring (bicyclic) bond motifs is 1. The van der Waals surface area contributed by atoms with E-state index in [4.69, 9.17) is 0 Å². The summed E-state index contributed by atoms with van der Waals surface area (Å²) in [6, 6.07) is 7.48. The van der Waals surface area contributed by atoms with E-state index in [0.717, 1.165) is 23.2 Å². The molecule has 0 spiro atoms. The molecular formula is C22H21F2N5O3. The molecule has 1 saturated heterocycles. The number of aromatic nitrogens is 1. The van der Waals surface area contributed by atoms with Gasteiger partial charge in [-0.2, -0.15) is 0 Å². The fraction of sp³-hybridized carbons (Fsp3) is 0.273. The van der Waals surface area contributed by atoms with Crippen LogP contribution < -0.4 is 10.2 Å². The van der Waals surface area contributed by atoms with E-state index >= 15 is 0 Å². The number of piperazine rings is 1. The normalized spacial score (nSPS) is 15.5. The van der Waals surface area contributed by atoms with Crippen LogP contribution in [0.4, 0.5) is 25.8 Å². The maximum absolute atomic E-state index is 13.8. The maximum Gasteiger partial charge on any atom is 0.278 e. The van der Waals surface area contributed by atoms with Crippen LogP contribution in [-0.4, -0.2) is 52.9 Å². The lowest BCUT2D eigenvalue weighted by Gasteiger charge is -2.38. The van der Waals surface area contributed by atoms with Crippen molar-refractivity contribution < 1.29 is 18.5 Å². The lowest BCUT2D eigenvalue weighted by Crippen LogP contribution is -2.52. The number of nitro benzene ring substituents is 1. The number of non-ortho nitro benzene ring substituents is 1. The molecule has 3 aromatic rings. The zero-order valence-corrected chi connectivity index (χ0v) is 17.3. The van der Waals surface area contributed by atoms with Gasteiger partial charge in [-0.15, -0.1) is 0 Å². The highest BCUT2D eigenvalue weighted by Crippen LogP contribution is 2.33. The van der Waals surface area contributed by atoms with Crippen molar-refractivity contribution in [1.29, 1.82) is 0 Å². The van der Waals surface area contributed by atoms with Crippen molar-refractivity contribution in [2.24, 2.45) is 0 Å². The fourth-order valence-electron chi connectivity index (χ4n) is 3.94. The Morgan fingerprint density at radius 3 is 2.56 bits per heavy atom. The van der Waals surface area contributed by atoms with Crippen LogP contribution in [0.15, 0.2) is 48.8 Å². The molecule has 166 valence electrons. The van der Waals surface area contributed by atoms with Crippen molar-refractivity contribution in [2.75, 3.05) is 36.4 Å². The predicted octanol–water partition coefficient (Wildman–Crippen LogP) is 3.57. The lowest BCUT2D eigenvalue weighted by atomic mass is 10.1. The summed E-state index contributed by atoms with van der Waals surface area (Å²) in [7, 11) is 0. The van der Waals surface area contributed by atoms with Gasteiger partial charge in [0.2, 0.25) is 5.91 Å². The van der Waals surface area contributed by atoms with E-state index in [0.29, 0.717) is 31.6 Å². The van der Waals surface area contributed by atoms with Gasteiger partial charge in [-0.05, 0) is 31.2 Å². The number of amides is 1. The van der Waals surface area contributed by atoms with Gasteiger partial charge in [0.15, 0.2) is 0 Å². The number of carbonyl (C=O) groups is 1. The van der Waals surface area contributed by atoms with Crippen molar-refractivity contribution in [3.8, 4) is 0 Å². The number of nitro groups is 1. The molecule has 2 aromatic carbocycles. The Balaban J connectivity index is 1.44. The third-order valence-corrected chi connectivity index (χ3v) is 5.74. The number of rotatable bonds is 5. The number of carbonyl (C=O) groups excluding carboxylic acids is 1. The SMILES string of the molecule is CC(C(=O)Nc1ccc(F)cc1F)N1CCN(c2ccc([N+](=O)[O-])c3cnccc23)CC1. The molecule has 0 aliphatic carbocycles. The lowest BCUT2D eigenvalue weighted by molar-refractivity contribution is -0.383. The van der Waals surface area contributed by atoms with Gasteiger partial charge in [0.05, 0.1) is 22.0 Å². The minimum Gasteiger partial charge on any atom is -0.368 e. The zero-order valence-electron chi connectivity index (χ0n) is 17.3. The number of benzene rings is 2. The van der Waals surface area contributed by atoms with Crippen molar-refractivity contribution in [3.05, 3.63) is 70.5 Å². The Kier molecular flexibility index (Phi) is 5.95. The average Bonchev–Trinajstić information content (AvgIpc) is 2.79. The molecule has 0 bridgehead atoms. The summed E-state index contributed by atoms with van der Waals surface area (Å²) >= 11 is 0. The molecule has 1 amide bonds. The molecule has 1 aliphatic heterocycles. The highest BCUT2D eigenvalue weighted by atomic mass is 19.1. The quantitative estimate of drug-likeness (QED) is 0.481. The third-order valence-electron chi connectivity index (χ3n) is 5.74. The predicted molar refractivity (Wildman–Crippen MR) is 117 cm³/mol. The van der Waals surface area contributed by atoms with Crippen LogP contribution in [0.25, 0.3) is 10.8 Å². The second kappa shape index (κ2) is 8.83. The molecule has 4 rings (SSSR count). The zero-order chi connectivity index (χ0) is 22.8. The molecule has 1 unspecified atom stereocenters. The van der Waals surface area contributed by atoms with Crippen LogP contribution >= 0.6 is 0 Å². The highest BCUT2D eigenvalue weighted by Gasteiger charge is 2.27. The molecule has 1 aromatic heterocycles. The summed E-state index contributed by atoms with van der Waals surface area (Å²) in [6.07, 6.45) is 3.10.